The standard InChI is InChI=1S/C11H20/c1-8-4-3-5-9(2)11-7-6-10(8)11/h8-11H,3-7H2,1-2H3. The Morgan fingerprint density at radius 2 is 1.18 bits per heavy atom. The molecule has 2 saturated carbocycles. The Kier molecular flexibility index (Phi) is 1.95. The molecule has 2 fully saturated rings. The second-order valence-corrected chi connectivity index (χ2v) is 4.79. The highest BCUT2D eigenvalue weighted by atomic mass is 14.4. The number of fused-ring (bicyclic) bond motifs is 1. The van der Waals surface area contributed by atoms with E-state index in [2.05, 4.69) is 13.8 Å². The molecular formula is C11H20. The molecule has 64 valence electrons. The minimum atomic E-state index is 1.04. The van der Waals surface area contributed by atoms with Gasteiger partial charge in [0, 0.05) is 0 Å². The summed E-state index contributed by atoms with van der Waals surface area (Å²) < 4.78 is 0. The fourth-order valence-corrected chi connectivity index (χ4v) is 3.15. The Bertz CT molecular complexity index is 123. The van der Waals surface area contributed by atoms with Crippen LogP contribution in [0.15, 0.2) is 0 Å². The van der Waals surface area contributed by atoms with E-state index in [0.717, 1.165) is 23.7 Å². The van der Waals surface area contributed by atoms with Gasteiger partial charge in [-0.2, -0.15) is 0 Å². The summed E-state index contributed by atoms with van der Waals surface area (Å²) in [6.45, 7) is 4.93. The topological polar surface area (TPSA) is 0 Å². The van der Waals surface area contributed by atoms with E-state index in [4.69, 9.17) is 0 Å². The van der Waals surface area contributed by atoms with Gasteiger partial charge in [0.2, 0.25) is 0 Å². The van der Waals surface area contributed by atoms with E-state index in [1.807, 2.05) is 0 Å². The first-order chi connectivity index (χ1) is 5.29. The van der Waals surface area contributed by atoms with Gasteiger partial charge in [0.1, 0.15) is 0 Å². The maximum Gasteiger partial charge on any atom is -0.0357 e. The SMILES string of the molecule is CC1CCCC(C)C2CCC12. The van der Waals surface area contributed by atoms with Gasteiger partial charge in [-0.15, -0.1) is 0 Å². The van der Waals surface area contributed by atoms with E-state index >= 15 is 0 Å². The van der Waals surface area contributed by atoms with Crippen LogP contribution in [0.3, 0.4) is 0 Å². The summed E-state index contributed by atoms with van der Waals surface area (Å²) in [5.41, 5.74) is 0. The van der Waals surface area contributed by atoms with Gasteiger partial charge in [0.05, 0.1) is 0 Å². The van der Waals surface area contributed by atoms with Gasteiger partial charge >= 0.3 is 0 Å². The van der Waals surface area contributed by atoms with Crippen molar-refractivity contribution in [3.63, 3.8) is 0 Å². The van der Waals surface area contributed by atoms with E-state index in [0.29, 0.717) is 0 Å². The molecule has 4 unspecified atom stereocenters. The minimum Gasteiger partial charge on any atom is -0.0622 e. The first kappa shape index (κ1) is 7.64. The maximum absolute atomic E-state index is 2.47. The maximum atomic E-state index is 2.47. The van der Waals surface area contributed by atoms with Crippen molar-refractivity contribution in [1.82, 2.24) is 0 Å². The van der Waals surface area contributed by atoms with Crippen LogP contribution >= 0.6 is 0 Å². The fraction of sp³-hybridized carbons (Fsp3) is 1.00. The highest BCUT2D eigenvalue weighted by Gasteiger charge is 2.39. The van der Waals surface area contributed by atoms with Gasteiger partial charge in [-0.05, 0) is 36.5 Å². The average Bonchev–Trinajstić information content (AvgIpc) is 1.90. The quantitative estimate of drug-likeness (QED) is 0.498. The van der Waals surface area contributed by atoms with Crippen LogP contribution in [0.1, 0.15) is 46.0 Å². The van der Waals surface area contributed by atoms with Crippen LogP contribution in [0.2, 0.25) is 0 Å². The van der Waals surface area contributed by atoms with Crippen LogP contribution in [-0.2, 0) is 0 Å². The molecule has 0 bridgehead atoms. The first-order valence-electron chi connectivity index (χ1n) is 5.29. The molecule has 0 aromatic rings. The third-order valence-electron chi connectivity index (χ3n) is 4.16. The summed E-state index contributed by atoms with van der Waals surface area (Å²) in [7, 11) is 0. The Labute approximate surface area is 70.4 Å². The zero-order valence-corrected chi connectivity index (χ0v) is 7.84. The van der Waals surface area contributed by atoms with Gasteiger partial charge < -0.3 is 0 Å². The summed E-state index contributed by atoms with van der Waals surface area (Å²) in [5.74, 6) is 4.32. The third kappa shape index (κ3) is 1.21. The lowest BCUT2D eigenvalue weighted by molar-refractivity contribution is 0.0793. The lowest BCUT2D eigenvalue weighted by Gasteiger charge is -2.42. The molecule has 0 aromatic heterocycles. The summed E-state index contributed by atoms with van der Waals surface area (Å²) in [5, 5.41) is 0. The monoisotopic (exact) mass is 152 g/mol. The molecule has 2 aliphatic carbocycles. The van der Waals surface area contributed by atoms with Gasteiger partial charge in [0.25, 0.3) is 0 Å². The van der Waals surface area contributed by atoms with Crippen molar-refractivity contribution in [1.29, 1.82) is 0 Å². The number of hydrogen-bond donors (Lipinski definition) is 0. The Hall–Kier alpha value is 0. The lowest BCUT2D eigenvalue weighted by Crippen LogP contribution is -2.33. The fourth-order valence-electron chi connectivity index (χ4n) is 3.15. The molecule has 2 rings (SSSR count). The van der Waals surface area contributed by atoms with Gasteiger partial charge in [-0.25, -0.2) is 0 Å². The average molecular weight is 152 g/mol. The van der Waals surface area contributed by atoms with Gasteiger partial charge in [0.15, 0.2) is 0 Å². The van der Waals surface area contributed by atoms with Crippen LogP contribution in [-0.4, -0.2) is 0 Å². The van der Waals surface area contributed by atoms with Crippen molar-refractivity contribution in [3.8, 4) is 0 Å². The van der Waals surface area contributed by atoms with E-state index in [-0.39, 0.29) is 0 Å². The van der Waals surface area contributed by atoms with Crippen LogP contribution < -0.4 is 0 Å². The molecule has 11 heavy (non-hydrogen) atoms. The molecule has 0 N–H and O–H groups in total. The summed E-state index contributed by atoms with van der Waals surface area (Å²) >= 11 is 0. The summed E-state index contributed by atoms with van der Waals surface area (Å²) in [4.78, 5) is 0. The second kappa shape index (κ2) is 2.80. The Morgan fingerprint density at radius 3 is 1.55 bits per heavy atom. The predicted octanol–water partition coefficient (Wildman–Crippen LogP) is 3.47. The molecule has 4 atom stereocenters. The smallest absolute Gasteiger partial charge is 0.0357 e. The number of hydrogen-bond acceptors (Lipinski definition) is 0. The van der Waals surface area contributed by atoms with Gasteiger partial charge in [-0.3, -0.25) is 0 Å². The Balaban J connectivity index is 2.04. The first-order valence-corrected chi connectivity index (χ1v) is 5.29. The van der Waals surface area contributed by atoms with Crippen molar-refractivity contribution in [3.05, 3.63) is 0 Å². The van der Waals surface area contributed by atoms with Crippen molar-refractivity contribution < 1.29 is 0 Å². The molecule has 0 radical (unpaired) electrons. The zero-order valence-electron chi connectivity index (χ0n) is 7.84. The van der Waals surface area contributed by atoms with E-state index in [9.17, 15) is 0 Å². The normalized spacial score (nSPS) is 50.7. The predicted molar refractivity (Wildman–Crippen MR) is 48.4 cm³/mol. The molecule has 0 nitrogen and oxygen atoms in total. The molecule has 0 spiro atoms. The van der Waals surface area contributed by atoms with Gasteiger partial charge in [-0.1, -0.05) is 33.1 Å². The Morgan fingerprint density at radius 1 is 0.727 bits per heavy atom. The van der Waals surface area contributed by atoms with Crippen molar-refractivity contribution >= 4 is 0 Å². The van der Waals surface area contributed by atoms with E-state index in [1.165, 1.54) is 32.1 Å². The highest BCUT2D eigenvalue weighted by molar-refractivity contribution is 4.89. The third-order valence-corrected chi connectivity index (χ3v) is 4.16. The van der Waals surface area contributed by atoms with Crippen molar-refractivity contribution in [2.24, 2.45) is 23.7 Å². The summed E-state index contributed by atoms with van der Waals surface area (Å²) in [6, 6.07) is 0. The largest absolute Gasteiger partial charge is 0.0622 e. The van der Waals surface area contributed by atoms with Crippen LogP contribution in [0.25, 0.3) is 0 Å². The van der Waals surface area contributed by atoms with Crippen LogP contribution in [0.5, 0.6) is 0 Å². The molecule has 0 saturated heterocycles. The lowest BCUT2D eigenvalue weighted by atomic mass is 9.64. The summed E-state index contributed by atoms with van der Waals surface area (Å²) in [6.07, 6.45) is 7.58. The zero-order chi connectivity index (χ0) is 7.84. The van der Waals surface area contributed by atoms with Crippen LogP contribution in [0.4, 0.5) is 0 Å². The molecule has 2 aliphatic rings. The van der Waals surface area contributed by atoms with E-state index in [1.54, 1.807) is 0 Å². The molecular weight excluding hydrogens is 132 g/mol. The minimum absolute atomic E-state index is 1.04. The van der Waals surface area contributed by atoms with Crippen LogP contribution in [0, 0.1) is 23.7 Å². The molecule has 0 heterocycles. The van der Waals surface area contributed by atoms with E-state index < -0.39 is 0 Å². The van der Waals surface area contributed by atoms with Crippen molar-refractivity contribution in [2.75, 3.05) is 0 Å². The highest BCUT2D eigenvalue weighted by Crippen LogP contribution is 2.48. The molecule has 0 amide bonds. The molecule has 0 heteroatoms. The molecule has 0 aromatic carbocycles. The molecule has 0 aliphatic heterocycles. The second-order valence-electron chi connectivity index (χ2n) is 4.79. The van der Waals surface area contributed by atoms with Crippen molar-refractivity contribution in [2.45, 2.75) is 46.0 Å². The number of rotatable bonds is 0.